The van der Waals surface area contributed by atoms with Crippen LogP contribution in [-0.2, 0) is 20.6 Å². The molecule has 0 radical (unpaired) electrons. The molecule has 7 nitrogen and oxygen atoms in total. The molecule has 2 N–H and O–H groups in total. The van der Waals surface area contributed by atoms with Gasteiger partial charge in [-0.3, -0.25) is 19.3 Å². The number of methoxy groups -OCH3 is 1. The van der Waals surface area contributed by atoms with Crippen molar-refractivity contribution < 1.29 is 37.4 Å². The molecule has 0 saturated carbocycles. The molecule has 0 unspecified atom stereocenters. The van der Waals surface area contributed by atoms with E-state index in [1.54, 1.807) is 48.5 Å². The van der Waals surface area contributed by atoms with Gasteiger partial charge in [0.25, 0.3) is 0 Å². The van der Waals surface area contributed by atoms with E-state index >= 15 is 0 Å². The lowest BCUT2D eigenvalue weighted by molar-refractivity contribution is -0.138. The van der Waals surface area contributed by atoms with E-state index < -0.39 is 29.7 Å². The molecule has 0 spiro atoms. The summed E-state index contributed by atoms with van der Waals surface area (Å²) in [5, 5.41) is 12.6. The summed E-state index contributed by atoms with van der Waals surface area (Å²) in [6, 6.07) is 17.9. The number of carboxylic acid groups (broad SMARTS) is 1. The summed E-state index contributed by atoms with van der Waals surface area (Å²) in [4.78, 5) is 40.4. The zero-order chi connectivity index (χ0) is 29.3. The lowest BCUT2D eigenvalue weighted by atomic mass is 9.78. The van der Waals surface area contributed by atoms with Crippen LogP contribution in [0.4, 0.5) is 24.5 Å². The number of halogens is 3. The Morgan fingerprint density at radius 1 is 0.951 bits per heavy atom. The molecule has 212 valence electrons. The first-order chi connectivity index (χ1) is 19.6. The summed E-state index contributed by atoms with van der Waals surface area (Å²) < 4.78 is 44.7. The van der Waals surface area contributed by atoms with E-state index in [2.05, 4.69) is 5.32 Å². The maximum atomic E-state index is 13.9. The van der Waals surface area contributed by atoms with Gasteiger partial charge >= 0.3 is 12.1 Å². The van der Waals surface area contributed by atoms with Crippen LogP contribution in [0.25, 0.3) is 0 Å². The maximum Gasteiger partial charge on any atom is 0.416 e. The summed E-state index contributed by atoms with van der Waals surface area (Å²) in [6.07, 6.45) is -4.76. The predicted octanol–water partition coefficient (Wildman–Crippen LogP) is 6.48. The van der Waals surface area contributed by atoms with Crippen LogP contribution in [0.1, 0.15) is 54.3 Å². The summed E-state index contributed by atoms with van der Waals surface area (Å²) in [7, 11) is 1.52. The predicted molar refractivity (Wildman–Crippen MR) is 146 cm³/mol. The molecule has 41 heavy (non-hydrogen) atoms. The maximum absolute atomic E-state index is 13.9. The van der Waals surface area contributed by atoms with Gasteiger partial charge in [-0.1, -0.05) is 36.4 Å². The number of para-hydroxylation sites is 2. The molecular formula is C31H27F3N2O5. The second kappa shape index (κ2) is 11.1. The molecule has 0 bridgehead atoms. The molecule has 2 atom stereocenters. The van der Waals surface area contributed by atoms with Gasteiger partial charge in [-0.15, -0.1) is 0 Å². The summed E-state index contributed by atoms with van der Waals surface area (Å²) >= 11 is 0. The van der Waals surface area contributed by atoms with Gasteiger partial charge in [0.1, 0.15) is 5.75 Å². The van der Waals surface area contributed by atoms with Gasteiger partial charge in [0.05, 0.1) is 36.5 Å². The molecule has 3 aromatic rings. The SMILES string of the molecule is COc1ccc([C@@H]2C3=C(C[C@@H](c4ccc(C(F)(F)F)cc4)CC3=O)Nc3ccccc3N2C(=O)CCC(=O)O)cc1. The van der Waals surface area contributed by atoms with Crippen molar-refractivity contribution in [2.24, 2.45) is 0 Å². The second-order valence-corrected chi connectivity index (χ2v) is 10.0. The Morgan fingerprint density at radius 2 is 1.61 bits per heavy atom. The lowest BCUT2D eigenvalue weighted by Crippen LogP contribution is -2.38. The van der Waals surface area contributed by atoms with E-state index in [0.717, 1.165) is 12.1 Å². The Morgan fingerprint density at radius 3 is 2.24 bits per heavy atom. The van der Waals surface area contributed by atoms with Gasteiger partial charge in [-0.25, -0.2) is 0 Å². The molecule has 1 aliphatic carbocycles. The van der Waals surface area contributed by atoms with Crippen molar-refractivity contribution >= 4 is 29.0 Å². The number of nitrogens with one attached hydrogen (secondary N) is 1. The number of hydrogen-bond donors (Lipinski definition) is 2. The average molecular weight is 565 g/mol. The van der Waals surface area contributed by atoms with Gasteiger partial charge in [-0.2, -0.15) is 13.2 Å². The van der Waals surface area contributed by atoms with Gasteiger partial charge in [0.2, 0.25) is 5.91 Å². The van der Waals surface area contributed by atoms with Crippen LogP contribution < -0.4 is 15.0 Å². The number of ether oxygens (including phenoxy) is 1. The smallest absolute Gasteiger partial charge is 0.416 e. The van der Waals surface area contributed by atoms with Crippen molar-refractivity contribution in [1.82, 2.24) is 0 Å². The van der Waals surface area contributed by atoms with E-state index in [9.17, 15) is 32.7 Å². The second-order valence-electron chi connectivity index (χ2n) is 10.0. The minimum atomic E-state index is -4.47. The quantitative estimate of drug-likeness (QED) is 0.356. The molecule has 1 amide bonds. The molecule has 5 rings (SSSR count). The highest BCUT2D eigenvalue weighted by molar-refractivity contribution is 6.06. The van der Waals surface area contributed by atoms with Crippen LogP contribution in [0.5, 0.6) is 5.75 Å². The van der Waals surface area contributed by atoms with E-state index in [1.807, 2.05) is 0 Å². The standard InChI is InChI=1S/C31H27F3N2O5/c1-41-22-12-8-19(9-13-22)30-29-24(16-20(17-26(29)37)18-6-10-21(11-7-18)31(32,33)34)35-23-4-2-3-5-25(23)36(30)27(38)14-15-28(39)40/h2-13,20,30,35H,14-17H2,1H3,(H,39,40)/t20-,30-/m1/s1. The Balaban J connectivity index is 1.63. The molecule has 1 aliphatic heterocycles. The molecule has 1 heterocycles. The van der Waals surface area contributed by atoms with Crippen molar-refractivity contribution in [2.75, 3.05) is 17.3 Å². The zero-order valence-electron chi connectivity index (χ0n) is 22.1. The van der Waals surface area contributed by atoms with Crippen molar-refractivity contribution in [1.29, 1.82) is 0 Å². The Hall–Kier alpha value is -4.60. The number of benzene rings is 3. The number of amides is 1. The Labute approximate surface area is 234 Å². The summed E-state index contributed by atoms with van der Waals surface area (Å²) in [5.74, 6) is -1.64. The van der Waals surface area contributed by atoms with Gasteiger partial charge in [0, 0.05) is 24.1 Å². The van der Waals surface area contributed by atoms with E-state index in [1.165, 1.54) is 24.1 Å². The van der Waals surface area contributed by atoms with Crippen molar-refractivity contribution in [3.05, 3.63) is 101 Å². The number of carbonyl (C=O) groups is 3. The third-order valence-corrected chi connectivity index (χ3v) is 7.45. The zero-order valence-corrected chi connectivity index (χ0v) is 22.1. The highest BCUT2D eigenvalue weighted by atomic mass is 19.4. The van der Waals surface area contributed by atoms with E-state index in [0.29, 0.717) is 45.9 Å². The summed E-state index contributed by atoms with van der Waals surface area (Å²) in [6.45, 7) is 0. The third-order valence-electron chi connectivity index (χ3n) is 7.45. The number of rotatable bonds is 6. The first kappa shape index (κ1) is 27.9. The minimum absolute atomic E-state index is 0.0338. The third kappa shape index (κ3) is 5.68. The largest absolute Gasteiger partial charge is 0.497 e. The summed E-state index contributed by atoms with van der Waals surface area (Å²) in [5.41, 5.74) is 2.43. The Kier molecular flexibility index (Phi) is 7.57. The number of aliphatic carboxylic acids is 1. The number of alkyl halides is 3. The Bertz CT molecular complexity index is 1510. The van der Waals surface area contributed by atoms with Crippen LogP contribution >= 0.6 is 0 Å². The number of nitrogens with zero attached hydrogens (tertiary/aromatic N) is 1. The molecule has 10 heteroatoms. The average Bonchev–Trinajstić information content (AvgIpc) is 3.10. The molecule has 0 fully saturated rings. The van der Waals surface area contributed by atoms with Crippen LogP contribution in [0.2, 0.25) is 0 Å². The van der Waals surface area contributed by atoms with E-state index in [4.69, 9.17) is 4.74 Å². The normalized spacial score (nSPS) is 18.6. The fourth-order valence-electron chi connectivity index (χ4n) is 5.48. The van der Waals surface area contributed by atoms with Gasteiger partial charge < -0.3 is 15.2 Å². The number of hydrogen-bond acceptors (Lipinski definition) is 5. The van der Waals surface area contributed by atoms with Crippen LogP contribution in [0.3, 0.4) is 0 Å². The molecule has 2 aliphatic rings. The van der Waals surface area contributed by atoms with E-state index in [-0.39, 0.29) is 31.0 Å². The highest BCUT2D eigenvalue weighted by Crippen LogP contribution is 2.48. The first-order valence-corrected chi connectivity index (χ1v) is 13.0. The fraction of sp³-hybridized carbons (Fsp3) is 0.258. The minimum Gasteiger partial charge on any atom is -0.497 e. The van der Waals surface area contributed by atoms with Crippen molar-refractivity contribution in [3.8, 4) is 5.75 Å². The molecular weight excluding hydrogens is 537 g/mol. The van der Waals surface area contributed by atoms with Gasteiger partial charge in [0.15, 0.2) is 5.78 Å². The fourth-order valence-corrected chi connectivity index (χ4v) is 5.48. The van der Waals surface area contributed by atoms with Crippen LogP contribution in [0.15, 0.2) is 84.1 Å². The monoisotopic (exact) mass is 564 g/mol. The molecule has 0 aromatic heterocycles. The molecule has 0 saturated heterocycles. The number of carboxylic acids is 1. The van der Waals surface area contributed by atoms with Crippen LogP contribution in [-0.4, -0.2) is 29.9 Å². The number of allylic oxidation sites excluding steroid dienone is 1. The topological polar surface area (TPSA) is 95.9 Å². The number of anilines is 2. The van der Waals surface area contributed by atoms with Crippen molar-refractivity contribution in [3.63, 3.8) is 0 Å². The van der Waals surface area contributed by atoms with Crippen LogP contribution in [0, 0.1) is 0 Å². The lowest BCUT2D eigenvalue weighted by Gasteiger charge is -2.35. The highest BCUT2D eigenvalue weighted by Gasteiger charge is 2.41. The molecule has 3 aromatic carbocycles. The number of Topliss-reactive ketones (excluding diaryl/α,β-unsaturated/α-hetero) is 1. The number of fused-ring (bicyclic) bond motifs is 1. The van der Waals surface area contributed by atoms with Gasteiger partial charge in [-0.05, 0) is 59.9 Å². The number of carbonyl (C=O) groups excluding carboxylic acids is 2. The first-order valence-electron chi connectivity index (χ1n) is 13.0. The number of ketones is 1. The van der Waals surface area contributed by atoms with Crippen molar-refractivity contribution in [2.45, 2.75) is 43.8 Å².